The van der Waals surface area contributed by atoms with Crippen molar-refractivity contribution in [3.63, 3.8) is 0 Å². The maximum Gasteiger partial charge on any atom is 0.0505 e. The van der Waals surface area contributed by atoms with Gasteiger partial charge in [0.15, 0.2) is 0 Å². The van der Waals surface area contributed by atoms with Crippen molar-refractivity contribution in [1.82, 2.24) is 4.90 Å². The molecule has 2 N–H and O–H groups in total. The molecule has 2 atom stereocenters. The van der Waals surface area contributed by atoms with Gasteiger partial charge in [-0.25, -0.2) is 0 Å². The second-order valence-electron chi connectivity index (χ2n) is 4.12. The van der Waals surface area contributed by atoms with Crippen molar-refractivity contribution in [1.29, 1.82) is 0 Å². The first-order valence-electron chi connectivity index (χ1n) is 5.15. The molecule has 1 saturated heterocycles. The van der Waals surface area contributed by atoms with Crippen LogP contribution in [0.4, 0.5) is 0 Å². The van der Waals surface area contributed by atoms with E-state index in [1.807, 2.05) is 0 Å². The Hall–Kier alpha value is -0.120. The van der Waals surface area contributed by atoms with Crippen LogP contribution >= 0.6 is 0 Å². The van der Waals surface area contributed by atoms with Crippen LogP contribution in [0.2, 0.25) is 0 Å². The molecule has 0 aromatic carbocycles. The number of rotatable bonds is 4. The summed E-state index contributed by atoms with van der Waals surface area (Å²) in [5.74, 6) is 1.29. The van der Waals surface area contributed by atoms with Gasteiger partial charge < -0.3 is 15.4 Å². The summed E-state index contributed by atoms with van der Waals surface area (Å²) < 4.78 is 5.18. The molecule has 1 rings (SSSR count). The van der Waals surface area contributed by atoms with Gasteiger partial charge in [-0.3, -0.25) is 0 Å². The molecule has 0 aromatic heterocycles. The summed E-state index contributed by atoms with van der Waals surface area (Å²) in [7, 11) is 3.95. The van der Waals surface area contributed by atoms with Gasteiger partial charge in [-0.2, -0.15) is 0 Å². The van der Waals surface area contributed by atoms with Crippen molar-refractivity contribution in [2.24, 2.45) is 17.6 Å². The number of piperidine rings is 1. The SMILES string of the molecule is COCC(CN)C1CCCN(C)C1. The number of methoxy groups -OCH3 is 1. The van der Waals surface area contributed by atoms with Gasteiger partial charge in [0.1, 0.15) is 0 Å². The topological polar surface area (TPSA) is 38.5 Å². The molecule has 0 aromatic rings. The standard InChI is InChI=1S/C10H22N2O/c1-12-5-3-4-9(7-12)10(6-11)8-13-2/h9-10H,3-8,11H2,1-2H3. The zero-order valence-electron chi connectivity index (χ0n) is 8.83. The second-order valence-corrected chi connectivity index (χ2v) is 4.12. The molecule has 2 unspecified atom stereocenters. The van der Waals surface area contributed by atoms with Gasteiger partial charge in [0.05, 0.1) is 6.61 Å². The van der Waals surface area contributed by atoms with Gasteiger partial charge in [0.2, 0.25) is 0 Å². The number of hydrogen-bond donors (Lipinski definition) is 1. The zero-order valence-corrected chi connectivity index (χ0v) is 8.83. The Morgan fingerprint density at radius 1 is 1.62 bits per heavy atom. The zero-order chi connectivity index (χ0) is 9.68. The third-order valence-electron chi connectivity index (χ3n) is 3.01. The minimum absolute atomic E-state index is 0.549. The van der Waals surface area contributed by atoms with Gasteiger partial charge in [0.25, 0.3) is 0 Å². The molecule has 0 spiro atoms. The van der Waals surface area contributed by atoms with E-state index in [-0.39, 0.29) is 0 Å². The minimum Gasteiger partial charge on any atom is -0.384 e. The molecule has 1 heterocycles. The maximum atomic E-state index is 5.74. The summed E-state index contributed by atoms with van der Waals surface area (Å²) in [4.78, 5) is 2.40. The summed E-state index contributed by atoms with van der Waals surface area (Å²) in [5, 5.41) is 0. The Morgan fingerprint density at radius 3 is 2.92 bits per heavy atom. The lowest BCUT2D eigenvalue weighted by Gasteiger charge is -2.34. The molecule has 1 aliphatic heterocycles. The molecule has 0 saturated carbocycles. The molecule has 0 amide bonds. The molecule has 3 heteroatoms. The highest BCUT2D eigenvalue weighted by molar-refractivity contribution is 4.77. The van der Waals surface area contributed by atoms with Crippen LogP contribution in [0.25, 0.3) is 0 Å². The smallest absolute Gasteiger partial charge is 0.0505 e. The van der Waals surface area contributed by atoms with Crippen LogP contribution in [-0.4, -0.2) is 45.3 Å². The summed E-state index contributed by atoms with van der Waals surface area (Å²) in [6.45, 7) is 3.99. The van der Waals surface area contributed by atoms with Gasteiger partial charge in [-0.05, 0) is 44.8 Å². The molecule has 0 radical (unpaired) electrons. The third-order valence-corrected chi connectivity index (χ3v) is 3.01. The van der Waals surface area contributed by atoms with E-state index < -0.39 is 0 Å². The maximum absolute atomic E-state index is 5.74. The van der Waals surface area contributed by atoms with Crippen LogP contribution in [0, 0.1) is 11.8 Å². The Bertz CT molecular complexity index is 141. The number of nitrogens with zero attached hydrogens (tertiary/aromatic N) is 1. The van der Waals surface area contributed by atoms with Crippen molar-refractivity contribution in [2.75, 3.05) is 40.4 Å². The Kier molecular flexibility index (Phi) is 4.70. The first-order valence-corrected chi connectivity index (χ1v) is 5.15. The fraction of sp³-hybridized carbons (Fsp3) is 1.00. The van der Waals surface area contributed by atoms with Gasteiger partial charge in [0, 0.05) is 13.7 Å². The highest BCUT2D eigenvalue weighted by Gasteiger charge is 2.24. The lowest BCUT2D eigenvalue weighted by Crippen LogP contribution is -2.39. The van der Waals surface area contributed by atoms with E-state index in [0.29, 0.717) is 5.92 Å². The van der Waals surface area contributed by atoms with Crippen LogP contribution in [0.15, 0.2) is 0 Å². The van der Waals surface area contributed by atoms with Crippen molar-refractivity contribution in [3.05, 3.63) is 0 Å². The summed E-state index contributed by atoms with van der Waals surface area (Å²) in [6.07, 6.45) is 2.62. The quantitative estimate of drug-likeness (QED) is 0.697. The van der Waals surface area contributed by atoms with Crippen molar-refractivity contribution in [2.45, 2.75) is 12.8 Å². The van der Waals surface area contributed by atoms with Gasteiger partial charge in [-0.15, -0.1) is 0 Å². The van der Waals surface area contributed by atoms with Crippen LogP contribution < -0.4 is 5.73 Å². The molecule has 0 bridgehead atoms. The van der Waals surface area contributed by atoms with E-state index >= 15 is 0 Å². The highest BCUT2D eigenvalue weighted by atomic mass is 16.5. The predicted octanol–water partition coefficient (Wildman–Crippen LogP) is 0.550. The van der Waals surface area contributed by atoms with E-state index in [2.05, 4.69) is 11.9 Å². The lowest BCUT2D eigenvalue weighted by atomic mass is 9.86. The Morgan fingerprint density at radius 2 is 2.38 bits per heavy atom. The third kappa shape index (κ3) is 3.25. The molecular weight excluding hydrogens is 164 g/mol. The summed E-state index contributed by atoms with van der Waals surface area (Å²) in [6, 6.07) is 0. The van der Waals surface area contributed by atoms with Crippen LogP contribution in [0.1, 0.15) is 12.8 Å². The van der Waals surface area contributed by atoms with Gasteiger partial charge >= 0.3 is 0 Å². The molecule has 13 heavy (non-hydrogen) atoms. The first kappa shape index (κ1) is 11.0. The number of nitrogens with two attached hydrogens (primary N) is 1. The minimum atomic E-state index is 0.549. The van der Waals surface area contributed by atoms with Crippen LogP contribution in [0.3, 0.4) is 0 Å². The van der Waals surface area contributed by atoms with E-state index in [1.54, 1.807) is 7.11 Å². The van der Waals surface area contributed by atoms with E-state index in [1.165, 1.54) is 25.9 Å². The average molecular weight is 186 g/mol. The van der Waals surface area contributed by atoms with E-state index in [9.17, 15) is 0 Å². The molecule has 0 aliphatic carbocycles. The highest BCUT2D eigenvalue weighted by Crippen LogP contribution is 2.22. The average Bonchev–Trinajstić information content (AvgIpc) is 2.14. The molecule has 1 fully saturated rings. The van der Waals surface area contributed by atoms with E-state index in [0.717, 1.165) is 19.1 Å². The second kappa shape index (κ2) is 5.58. The predicted molar refractivity (Wildman–Crippen MR) is 54.6 cm³/mol. The number of ether oxygens (including phenoxy) is 1. The van der Waals surface area contributed by atoms with Crippen molar-refractivity contribution < 1.29 is 4.74 Å². The summed E-state index contributed by atoms with van der Waals surface area (Å²) >= 11 is 0. The normalized spacial score (nSPS) is 27.5. The van der Waals surface area contributed by atoms with Crippen molar-refractivity contribution >= 4 is 0 Å². The first-order chi connectivity index (χ1) is 6.27. The Balaban J connectivity index is 2.37. The van der Waals surface area contributed by atoms with Crippen molar-refractivity contribution in [3.8, 4) is 0 Å². The summed E-state index contributed by atoms with van der Waals surface area (Å²) in [5.41, 5.74) is 5.74. The van der Waals surface area contributed by atoms with Crippen LogP contribution in [-0.2, 0) is 4.74 Å². The Labute approximate surface area is 81.2 Å². The van der Waals surface area contributed by atoms with E-state index in [4.69, 9.17) is 10.5 Å². The van der Waals surface area contributed by atoms with Gasteiger partial charge in [-0.1, -0.05) is 0 Å². The fourth-order valence-corrected chi connectivity index (χ4v) is 2.20. The monoisotopic (exact) mass is 186 g/mol. The number of hydrogen-bond acceptors (Lipinski definition) is 3. The largest absolute Gasteiger partial charge is 0.384 e. The molecule has 3 nitrogen and oxygen atoms in total. The molecular formula is C10H22N2O. The fourth-order valence-electron chi connectivity index (χ4n) is 2.20. The molecule has 1 aliphatic rings. The van der Waals surface area contributed by atoms with Crippen LogP contribution in [0.5, 0.6) is 0 Å². The lowest BCUT2D eigenvalue weighted by molar-refractivity contribution is 0.0867. The molecule has 78 valence electrons. The number of likely N-dealkylation sites (tertiary alicyclic amines) is 1.